The fourth-order valence-corrected chi connectivity index (χ4v) is 3.36. The summed E-state index contributed by atoms with van der Waals surface area (Å²) in [5.74, 6) is 0.256. The van der Waals surface area contributed by atoms with Crippen molar-refractivity contribution < 1.29 is 4.79 Å². The molecule has 3 heteroatoms. The van der Waals surface area contributed by atoms with Crippen molar-refractivity contribution in [1.82, 2.24) is 4.90 Å². The minimum Gasteiger partial charge on any atom is -0.301 e. The van der Waals surface area contributed by atoms with Crippen LogP contribution in [0.2, 0.25) is 0 Å². The average Bonchev–Trinajstić information content (AvgIpc) is 3.13. The first-order valence-electron chi connectivity index (χ1n) is 10.6. The van der Waals surface area contributed by atoms with Gasteiger partial charge >= 0.3 is 0 Å². The SMILES string of the molecule is CCCCCCCCCCCCCCCCCC(=O)N1C=NCC1. The number of amides is 1. The Bertz CT molecular complexity index is 328. The first-order valence-corrected chi connectivity index (χ1v) is 10.6. The van der Waals surface area contributed by atoms with Gasteiger partial charge in [-0.1, -0.05) is 96.8 Å². The molecule has 1 rings (SSSR count). The lowest BCUT2D eigenvalue weighted by atomic mass is 10.0. The molecule has 1 amide bonds. The first-order chi connectivity index (χ1) is 11.8. The molecule has 1 heterocycles. The molecule has 0 saturated carbocycles. The van der Waals surface area contributed by atoms with Gasteiger partial charge in [0.1, 0.15) is 0 Å². The Kier molecular flexibility index (Phi) is 13.8. The number of rotatable bonds is 16. The van der Waals surface area contributed by atoms with Gasteiger partial charge in [0.25, 0.3) is 0 Å². The van der Waals surface area contributed by atoms with Crippen molar-refractivity contribution in [3.8, 4) is 0 Å². The topological polar surface area (TPSA) is 32.7 Å². The molecule has 0 unspecified atom stereocenters. The van der Waals surface area contributed by atoms with E-state index in [2.05, 4.69) is 11.9 Å². The molecule has 0 bridgehead atoms. The van der Waals surface area contributed by atoms with Crippen LogP contribution in [0.3, 0.4) is 0 Å². The highest BCUT2D eigenvalue weighted by atomic mass is 16.2. The lowest BCUT2D eigenvalue weighted by Gasteiger charge is -2.11. The van der Waals surface area contributed by atoms with Crippen LogP contribution in [-0.4, -0.2) is 30.2 Å². The van der Waals surface area contributed by atoms with Crippen LogP contribution in [0.4, 0.5) is 0 Å². The number of hydrogen-bond donors (Lipinski definition) is 0. The third kappa shape index (κ3) is 11.6. The molecule has 1 aliphatic rings. The lowest BCUT2D eigenvalue weighted by molar-refractivity contribution is -0.126. The van der Waals surface area contributed by atoms with Gasteiger partial charge < -0.3 is 4.90 Å². The van der Waals surface area contributed by atoms with Crippen molar-refractivity contribution in [3.63, 3.8) is 0 Å². The van der Waals surface area contributed by atoms with Crippen LogP contribution in [0.5, 0.6) is 0 Å². The van der Waals surface area contributed by atoms with E-state index >= 15 is 0 Å². The van der Waals surface area contributed by atoms with E-state index in [1.807, 2.05) is 0 Å². The van der Waals surface area contributed by atoms with Gasteiger partial charge in [-0.15, -0.1) is 0 Å². The Balaban J connectivity index is 1.72. The summed E-state index contributed by atoms with van der Waals surface area (Å²) in [7, 11) is 0. The van der Waals surface area contributed by atoms with Gasteiger partial charge in [-0.25, -0.2) is 0 Å². The number of carbonyl (C=O) groups excluding carboxylic acids is 1. The number of nitrogens with zero attached hydrogens (tertiary/aromatic N) is 2. The van der Waals surface area contributed by atoms with Gasteiger partial charge in [0.2, 0.25) is 5.91 Å². The Morgan fingerprint density at radius 3 is 1.67 bits per heavy atom. The first kappa shape index (κ1) is 21.2. The minimum atomic E-state index is 0.256. The molecule has 0 aromatic heterocycles. The summed E-state index contributed by atoms with van der Waals surface area (Å²) >= 11 is 0. The van der Waals surface area contributed by atoms with Gasteiger partial charge in [0, 0.05) is 13.0 Å². The van der Waals surface area contributed by atoms with Gasteiger partial charge in [-0.2, -0.15) is 0 Å². The number of carbonyl (C=O) groups is 1. The van der Waals surface area contributed by atoms with Crippen LogP contribution in [-0.2, 0) is 4.79 Å². The van der Waals surface area contributed by atoms with Crippen molar-refractivity contribution in [1.29, 1.82) is 0 Å². The van der Waals surface area contributed by atoms with Crippen molar-refractivity contribution in [2.24, 2.45) is 4.99 Å². The van der Waals surface area contributed by atoms with E-state index in [-0.39, 0.29) is 5.91 Å². The van der Waals surface area contributed by atoms with Gasteiger partial charge in [-0.05, 0) is 6.42 Å². The second-order valence-electron chi connectivity index (χ2n) is 7.31. The van der Waals surface area contributed by atoms with E-state index in [0.717, 1.165) is 19.5 Å². The molecule has 0 spiro atoms. The van der Waals surface area contributed by atoms with Gasteiger partial charge in [-0.3, -0.25) is 9.79 Å². The Labute approximate surface area is 150 Å². The standard InChI is InChI=1S/C21H40N2O/c1-2-3-4-5-6-7-8-9-10-11-12-13-14-15-16-17-21(24)23-19-18-22-20-23/h20H,2-19H2,1H3. The molecule has 0 saturated heterocycles. The minimum absolute atomic E-state index is 0.256. The number of aliphatic imine (C=N–C) groups is 1. The second-order valence-corrected chi connectivity index (χ2v) is 7.31. The lowest BCUT2D eigenvalue weighted by Crippen LogP contribution is -2.27. The fourth-order valence-electron chi connectivity index (χ4n) is 3.36. The van der Waals surface area contributed by atoms with Gasteiger partial charge in [0.15, 0.2) is 0 Å². The van der Waals surface area contributed by atoms with E-state index in [4.69, 9.17) is 0 Å². The number of hydrogen-bond acceptors (Lipinski definition) is 2. The van der Waals surface area contributed by atoms with Crippen LogP contribution in [0, 0.1) is 0 Å². The second kappa shape index (κ2) is 15.7. The molecule has 0 fully saturated rings. The largest absolute Gasteiger partial charge is 0.301 e. The zero-order valence-corrected chi connectivity index (χ0v) is 16.1. The summed E-state index contributed by atoms with van der Waals surface area (Å²) in [6.07, 6.45) is 22.9. The third-order valence-electron chi connectivity index (χ3n) is 5.01. The highest BCUT2D eigenvalue weighted by Crippen LogP contribution is 2.14. The number of unbranched alkanes of at least 4 members (excludes halogenated alkanes) is 14. The van der Waals surface area contributed by atoms with E-state index in [1.54, 1.807) is 11.2 Å². The molecular weight excluding hydrogens is 296 g/mol. The quantitative estimate of drug-likeness (QED) is 0.313. The summed E-state index contributed by atoms with van der Waals surface area (Å²) in [6.45, 7) is 3.85. The van der Waals surface area contributed by atoms with Crippen LogP contribution < -0.4 is 0 Å². The smallest absolute Gasteiger partial charge is 0.227 e. The molecule has 0 radical (unpaired) electrons. The predicted octanol–water partition coefficient (Wildman–Crippen LogP) is 6.12. The molecule has 0 aromatic carbocycles. The van der Waals surface area contributed by atoms with E-state index in [9.17, 15) is 4.79 Å². The average molecular weight is 337 g/mol. The highest BCUT2D eigenvalue weighted by molar-refractivity contribution is 5.88. The molecule has 140 valence electrons. The van der Waals surface area contributed by atoms with Crippen LogP contribution in [0.25, 0.3) is 0 Å². The molecular formula is C21H40N2O. The maximum atomic E-state index is 11.8. The summed E-state index contributed by atoms with van der Waals surface area (Å²) in [5.41, 5.74) is 0. The fraction of sp³-hybridized carbons (Fsp3) is 0.905. The summed E-state index contributed by atoms with van der Waals surface area (Å²) < 4.78 is 0. The Hall–Kier alpha value is -0.860. The highest BCUT2D eigenvalue weighted by Gasteiger charge is 2.13. The van der Waals surface area contributed by atoms with Gasteiger partial charge in [0.05, 0.1) is 12.9 Å². The summed E-state index contributed by atoms with van der Waals surface area (Å²) in [6, 6.07) is 0. The normalized spacial score (nSPS) is 13.8. The third-order valence-corrected chi connectivity index (χ3v) is 5.01. The van der Waals surface area contributed by atoms with E-state index in [0.29, 0.717) is 6.42 Å². The summed E-state index contributed by atoms with van der Waals surface area (Å²) in [5, 5.41) is 0. The van der Waals surface area contributed by atoms with Crippen LogP contribution in [0.1, 0.15) is 110 Å². The maximum absolute atomic E-state index is 11.8. The molecule has 3 nitrogen and oxygen atoms in total. The van der Waals surface area contributed by atoms with Crippen molar-refractivity contribution >= 4 is 12.2 Å². The summed E-state index contributed by atoms with van der Waals surface area (Å²) in [4.78, 5) is 17.7. The van der Waals surface area contributed by atoms with Crippen LogP contribution in [0.15, 0.2) is 4.99 Å². The van der Waals surface area contributed by atoms with Crippen molar-refractivity contribution in [2.75, 3.05) is 13.1 Å². The Morgan fingerprint density at radius 2 is 1.25 bits per heavy atom. The molecule has 0 atom stereocenters. The molecule has 0 N–H and O–H groups in total. The molecule has 24 heavy (non-hydrogen) atoms. The van der Waals surface area contributed by atoms with E-state index < -0.39 is 0 Å². The predicted molar refractivity (Wildman–Crippen MR) is 105 cm³/mol. The molecule has 0 aromatic rings. The van der Waals surface area contributed by atoms with Crippen molar-refractivity contribution in [3.05, 3.63) is 0 Å². The van der Waals surface area contributed by atoms with E-state index in [1.165, 1.54) is 89.9 Å². The monoisotopic (exact) mass is 336 g/mol. The zero-order valence-electron chi connectivity index (χ0n) is 16.1. The van der Waals surface area contributed by atoms with Crippen molar-refractivity contribution in [2.45, 2.75) is 110 Å². The molecule has 1 aliphatic heterocycles. The maximum Gasteiger partial charge on any atom is 0.227 e. The molecule has 0 aliphatic carbocycles. The van der Waals surface area contributed by atoms with Crippen LogP contribution >= 0.6 is 0 Å². The Morgan fingerprint density at radius 1 is 0.792 bits per heavy atom. The zero-order chi connectivity index (χ0) is 17.3.